The molecule has 0 aliphatic rings. The van der Waals surface area contributed by atoms with E-state index in [0.717, 1.165) is 17.2 Å². The molecule has 0 aliphatic heterocycles. The summed E-state index contributed by atoms with van der Waals surface area (Å²) in [6.45, 7) is 7.66. The summed E-state index contributed by atoms with van der Waals surface area (Å²) in [5.41, 5.74) is 20.1. The number of hydrazine groups is 4. The molecule has 0 bridgehead atoms. The minimum Gasteiger partial charge on any atom is -1.00 e. The van der Waals surface area contributed by atoms with Crippen LogP contribution in [0.2, 0.25) is 36.1 Å². The molecule has 0 spiro atoms. The monoisotopic (exact) mass is 1280 g/mol. The first kappa shape index (κ1) is 81.4. The molecular weight excluding hydrogens is 1230 g/mol. The van der Waals surface area contributed by atoms with Crippen LogP contribution in [-0.2, 0) is 81.6 Å². The topological polar surface area (TPSA) is 370 Å². The van der Waals surface area contributed by atoms with Crippen LogP contribution in [0, 0.1) is 35.1 Å². The maximum absolute atomic E-state index is 9.77. The molecule has 2 radical (unpaired) electrons. The fourth-order valence-corrected chi connectivity index (χ4v) is 4.80. The molecule has 7 aromatic rings. The van der Waals surface area contributed by atoms with Crippen molar-refractivity contribution in [2.24, 2.45) is 23.3 Å². The fraction of sp³-hybridized carbons (Fsp3) is 0.200. The predicted molar refractivity (Wildman–Crippen MR) is 275 cm³/mol. The van der Waals surface area contributed by atoms with Crippen molar-refractivity contribution in [1.82, 2.24) is 80.3 Å². The number of nitrogen functional groups attached to an aromatic ring is 1. The summed E-state index contributed by atoms with van der Waals surface area (Å²) in [7, 11) is 0. The number of carbonyl (C=O) groups excluding carboxylic acids is 2. The van der Waals surface area contributed by atoms with E-state index in [1.54, 1.807) is 26.2 Å². The van der Waals surface area contributed by atoms with Gasteiger partial charge >= 0.3 is 0 Å². The number of anilines is 3. The Hall–Kier alpha value is -3.64. The van der Waals surface area contributed by atoms with Crippen molar-refractivity contribution in [3.63, 3.8) is 0 Å². The molecule has 0 saturated heterocycles. The smallest absolute Gasteiger partial charge is 0.198 e. The molecule has 0 unspecified atom stereocenters. The first-order chi connectivity index (χ1) is 30.6. The number of nitrogens with zero attached hydrogens (tertiary/aromatic N) is 14. The van der Waals surface area contributed by atoms with Gasteiger partial charge in [-0.25, -0.2) is 55.7 Å². The van der Waals surface area contributed by atoms with E-state index in [1.807, 2.05) is 24.4 Å². The van der Waals surface area contributed by atoms with Crippen LogP contribution in [-0.4, -0.2) is 90.7 Å². The third-order valence-electron chi connectivity index (χ3n) is 6.13. The summed E-state index contributed by atoms with van der Waals surface area (Å²) in [5, 5.41) is 9.73. The van der Waals surface area contributed by atoms with E-state index in [-0.39, 0.29) is 127 Å². The SMILES string of the molecule is C.C.Cc1cn2c(C)nnc2c(Cl)n1.Cc1cnc(NN)c(Cl)n1.Cc1cnc(NN[C-]=O)c(Cl)n1.Clc1nccnc1Cl.NCc1nccnc1Cl.NN.O=[C-]NNc1nccnc1Cl.[BH4-].[CH3-].[F-].[Y].[Y]. The number of amides is 2. The molecule has 7 aromatic heterocycles. The zero-order valence-electron chi connectivity index (χ0n) is 36.0. The number of hydrogen-bond donors (Lipinski definition) is 9. The Morgan fingerprint density at radius 2 is 0.958 bits per heavy atom. The summed E-state index contributed by atoms with van der Waals surface area (Å²) in [6.07, 6.45) is 16.7. The maximum Gasteiger partial charge on any atom is 0.198 e. The van der Waals surface area contributed by atoms with E-state index in [2.05, 4.69) is 104 Å². The minimum absolute atomic E-state index is 0. The van der Waals surface area contributed by atoms with Crippen LogP contribution in [0.1, 0.15) is 43.5 Å². The van der Waals surface area contributed by atoms with E-state index in [1.165, 1.54) is 50.0 Å². The van der Waals surface area contributed by atoms with Crippen molar-refractivity contribution in [2.75, 3.05) is 16.3 Å². The summed E-state index contributed by atoms with van der Waals surface area (Å²) < 4.78 is 1.82. The van der Waals surface area contributed by atoms with E-state index in [0.29, 0.717) is 50.7 Å². The van der Waals surface area contributed by atoms with Gasteiger partial charge in [0.15, 0.2) is 59.2 Å². The number of nitrogens with two attached hydrogens (primary N) is 4. The summed E-state index contributed by atoms with van der Waals surface area (Å²) in [4.78, 5) is 61.5. The third kappa shape index (κ3) is 32.2. The van der Waals surface area contributed by atoms with Gasteiger partial charge in [-0.3, -0.25) is 21.1 Å². The number of rotatable bonds is 8. The number of aryl methyl sites for hydroxylation is 4. The van der Waals surface area contributed by atoms with Gasteiger partial charge in [-0.05, 0) is 27.7 Å². The quantitative estimate of drug-likeness (QED) is 0.0338. The van der Waals surface area contributed by atoms with Crippen LogP contribution in [0.15, 0.2) is 55.8 Å². The van der Waals surface area contributed by atoms with Gasteiger partial charge in [-0.1, -0.05) is 104 Å². The predicted octanol–water partition coefficient (Wildman–Crippen LogP) is 1.12. The molecular formula is C35H51BCl7FN23O2Y2-5. The van der Waals surface area contributed by atoms with Gasteiger partial charge in [0.1, 0.15) is 5.82 Å². The third-order valence-corrected chi connectivity index (χ3v) is 8.15. The molecule has 25 nitrogen and oxygen atoms in total. The normalized spacial score (nSPS) is 8.44. The summed E-state index contributed by atoms with van der Waals surface area (Å²) in [6, 6.07) is 0. The standard InChI is InChI=1S/C7H7ClN4.C6H6ClN4O.C5H4ClN4O.C5H7ClN4.C5H6ClN3.C4H2Cl2N2.2CH4.CH3.BH4.FH.H4N2.2Y/c1-4-3-12-5(2)10-11-7(12)6(8)9-4;1-4-2-8-6(5(7)10-4)11-9-3-12;6-4-5(10-9-3-11)8-2-1-7-4;1-3-2-8-5(10-7)4(6)9-3;6-5-4(3-7)8-1-2-9-5;5-3-4(6)8-2-1-7-3;;;;;;1-2;;/h3H,1-2H3;2H,1H3,(H,8,11)(H,9,12);1-2H,(H,8,10)(H,9,11);2H,7H2,1H3,(H,8,10);1-2H,3,7H2;1-2H;2*1H4;1H3;1H4;1H;1-2H2;;/q;2*-1;;;;;;2*-1;;;;/p-1. The fourth-order valence-electron chi connectivity index (χ4n) is 3.53. The second-order valence-electron chi connectivity index (χ2n) is 10.6. The van der Waals surface area contributed by atoms with Crippen LogP contribution in [0.25, 0.3) is 5.65 Å². The van der Waals surface area contributed by atoms with Gasteiger partial charge < -0.3 is 54.6 Å². The van der Waals surface area contributed by atoms with E-state index in [9.17, 15) is 9.59 Å². The van der Waals surface area contributed by atoms with Crippen molar-refractivity contribution in [3.8, 4) is 0 Å². The van der Waals surface area contributed by atoms with Gasteiger partial charge in [0.05, 0.1) is 35.2 Å². The number of nitrogens with one attached hydrogen (secondary N) is 5. The molecule has 0 atom stereocenters. The first-order valence-electron chi connectivity index (χ1n) is 16.8. The van der Waals surface area contributed by atoms with Crippen LogP contribution >= 0.6 is 81.2 Å². The van der Waals surface area contributed by atoms with Crippen LogP contribution < -0.4 is 55.1 Å². The van der Waals surface area contributed by atoms with Crippen molar-refractivity contribution < 1.29 is 79.7 Å². The Morgan fingerprint density at radius 1 is 0.563 bits per heavy atom. The zero-order chi connectivity index (χ0) is 48.0. The molecule has 388 valence electrons. The van der Waals surface area contributed by atoms with E-state index in [4.69, 9.17) is 92.8 Å². The van der Waals surface area contributed by atoms with Crippen molar-refractivity contribution >= 4 is 126 Å². The number of halogens is 8. The zero-order valence-corrected chi connectivity index (χ0v) is 46.9. The number of aromatic nitrogens is 14. The molecule has 0 saturated carbocycles. The molecule has 36 heteroatoms. The van der Waals surface area contributed by atoms with E-state index < -0.39 is 0 Å². The molecule has 2 amide bonds. The Balaban J connectivity index is -0.000000135. The largest absolute Gasteiger partial charge is 1.00 e. The Morgan fingerprint density at radius 3 is 1.34 bits per heavy atom. The number of hydrogen-bond acceptors (Lipinski definition) is 22. The van der Waals surface area contributed by atoms with Gasteiger partial charge in [-0.2, -0.15) is 0 Å². The summed E-state index contributed by atoms with van der Waals surface area (Å²) in [5.74, 6) is 14.9. The van der Waals surface area contributed by atoms with E-state index >= 15 is 0 Å². The molecule has 0 aliphatic carbocycles. The summed E-state index contributed by atoms with van der Waals surface area (Å²) >= 11 is 39.0. The van der Waals surface area contributed by atoms with Crippen LogP contribution in [0.5, 0.6) is 0 Å². The average Bonchev–Trinajstić information content (AvgIpc) is 3.66. The van der Waals surface area contributed by atoms with Crippen molar-refractivity contribution in [3.05, 3.63) is 128 Å². The molecule has 7 heterocycles. The Labute approximate surface area is 497 Å². The van der Waals surface area contributed by atoms with Gasteiger partial charge in [0.25, 0.3) is 0 Å². The molecule has 0 aromatic carbocycles. The molecule has 0 fully saturated rings. The first-order valence-corrected chi connectivity index (χ1v) is 19.4. The van der Waals surface area contributed by atoms with Crippen LogP contribution in [0.4, 0.5) is 17.5 Å². The Kier molecular flexibility index (Phi) is 54.3. The maximum atomic E-state index is 9.77. The molecule has 7 rings (SSSR count). The van der Waals surface area contributed by atoms with Crippen molar-refractivity contribution in [1.29, 1.82) is 0 Å². The molecule has 13 N–H and O–H groups in total. The van der Waals surface area contributed by atoms with Gasteiger partial charge in [0.2, 0.25) is 0 Å². The average molecular weight is 1280 g/mol. The Bertz CT molecular complexity index is 2480. The number of fused-ring (bicyclic) bond motifs is 1. The van der Waals surface area contributed by atoms with Crippen LogP contribution in [0.3, 0.4) is 0 Å². The van der Waals surface area contributed by atoms with Crippen molar-refractivity contribution in [2.45, 2.75) is 49.1 Å². The minimum atomic E-state index is 0. The van der Waals surface area contributed by atoms with Gasteiger partial charge in [0, 0.05) is 115 Å². The second-order valence-corrected chi connectivity index (χ2v) is 13.1. The second kappa shape index (κ2) is 47.4. The van der Waals surface area contributed by atoms with Gasteiger partial charge in [-0.15, -0.1) is 23.0 Å². The molecule has 71 heavy (non-hydrogen) atoms.